The minimum Gasteiger partial charge on any atom is -0.480 e. The number of hydrogen-bond acceptors (Lipinski definition) is 3. The maximum Gasteiger partial charge on any atom is 0.322 e. The van der Waals surface area contributed by atoms with Crippen molar-refractivity contribution in [2.45, 2.75) is 51.6 Å². The Bertz CT molecular complexity index is 294. The maximum atomic E-state index is 11.4. The molecule has 18 heavy (non-hydrogen) atoms. The van der Waals surface area contributed by atoms with Crippen LogP contribution in [0.3, 0.4) is 0 Å². The molecule has 0 radical (unpaired) electrons. The summed E-state index contributed by atoms with van der Waals surface area (Å²) in [5, 5.41) is 12.6. The van der Waals surface area contributed by atoms with Crippen molar-refractivity contribution in [2.24, 2.45) is 11.8 Å². The zero-order valence-electron chi connectivity index (χ0n) is 11.6. The number of hydrogen-bond donors (Lipinski definition) is 2. The smallest absolute Gasteiger partial charge is 0.322 e. The standard InChI is InChI=1S/C14H26N2O2/c1-10(2)11-5-3-4-6-12(11)16-8-7-15-9-13(16)14(17)18/h10-13,15H,3-9H2,1-2H3,(H,17,18). The van der Waals surface area contributed by atoms with E-state index in [-0.39, 0.29) is 6.04 Å². The summed E-state index contributed by atoms with van der Waals surface area (Å²) in [5.74, 6) is 0.647. The van der Waals surface area contributed by atoms with Crippen LogP contribution in [0, 0.1) is 11.8 Å². The lowest BCUT2D eigenvalue weighted by molar-refractivity contribution is -0.146. The second kappa shape index (κ2) is 6.02. The fourth-order valence-electron chi connectivity index (χ4n) is 3.68. The average Bonchev–Trinajstić information content (AvgIpc) is 2.38. The lowest BCUT2D eigenvalue weighted by Gasteiger charge is -2.46. The van der Waals surface area contributed by atoms with E-state index in [0.29, 0.717) is 24.4 Å². The van der Waals surface area contributed by atoms with Crippen molar-refractivity contribution in [3.8, 4) is 0 Å². The van der Waals surface area contributed by atoms with Gasteiger partial charge in [0, 0.05) is 25.7 Å². The minimum atomic E-state index is -0.671. The lowest BCUT2D eigenvalue weighted by atomic mass is 9.76. The van der Waals surface area contributed by atoms with Gasteiger partial charge in [0.2, 0.25) is 0 Å². The molecule has 2 aliphatic rings. The van der Waals surface area contributed by atoms with Crippen molar-refractivity contribution in [3.05, 3.63) is 0 Å². The molecule has 2 fully saturated rings. The molecule has 0 spiro atoms. The van der Waals surface area contributed by atoms with E-state index in [1.165, 1.54) is 25.7 Å². The first-order chi connectivity index (χ1) is 8.61. The Morgan fingerprint density at radius 3 is 2.72 bits per heavy atom. The van der Waals surface area contributed by atoms with E-state index < -0.39 is 5.97 Å². The van der Waals surface area contributed by atoms with Crippen LogP contribution in [0.5, 0.6) is 0 Å². The quantitative estimate of drug-likeness (QED) is 0.802. The molecule has 104 valence electrons. The molecular weight excluding hydrogens is 228 g/mol. The van der Waals surface area contributed by atoms with E-state index in [2.05, 4.69) is 24.1 Å². The Kier molecular flexibility index (Phi) is 4.62. The van der Waals surface area contributed by atoms with Crippen LogP contribution in [0.4, 0.5) is 0 Å². The van der Waals surface area contributed by atoms with Crippen LogP contribution in [0.1, 0.15) is 39.5 Å². The third-order valence-corrected chi connectivity index (χ3v) is 4.63. The first-order valence-electron chi connectivity index (χ1n) is 7.30. The monoisotopic (exact) mass is 254 g/mol. The van der Waals surface area contributed by atoms with Crippen LogP contribution in [0.25, 0.3) is 0 Å². The lowest BCUT2D eigenvalue weighted by Crippen LogP contribution is -2.60. The molecule has 0 aromatic heterocycles. The molecule has 2 N–H and O–H groups in total. The number of nitrogens with zero attached hydrogens (tertiary/aromatic N) is 1. The molecule has 0 aromatic rings. The third-order valence-electron chi connectivity index (χ3n) is 4.63. The van der Waals surface area contributed by atoms with Gasteiger partial charge in [-0.2, -0.15) is 0 Å². The normalized spacial score (nSPS) is 34.7. The van der Waals surface area contributed by atoms with Crippen LogP contribution in [0.15, 0.2) is 0 Å². The van der Waals surface area contributed by atoms with E-state index in [4.69, 9.17) is 0 Å². The van der Waals surface area contributed by atoms with Crippen molar-refractivity contribution in [1.82, 2.24) is 10.2 Å². The fourth-order valence-corrected chi connectivity index (χ4v) is 3.68. The van der Waals surface area contributed by atoms with Crippen molar-refractivity contribution < 1.29 is 9.90 Å². The van der Waals surface area contributed by atoms with Gasteiger partial charge in [-0.3, -0.25) is 9.69 Å². The van der Waals surface area contributed by atoms with Crippen LogP contribution >= 0.6 is 0 Å². The van der Waals surface area contributed by atoms with Gasteiger partial charge in [-0.1, -0.05) is 26.7 Å². The Morgan fingerprint density at radius 1 is 1.33 bits per heavy atom. The molecular formula is C14H26N2O2. The summed E-state index contributed by atoms with van der Waals surface area (Å²) in [7, 11) is 0. The first-order valence-corrected chi connectivity index (χ1v) is 7.30. The van der Waals surface area contributed by atoms with E-state index in [0.717, 1.165) is 13.1 Å². The highest BCUT2D eigenvalue weighted by Crippen LogP contribution is 2.34. The van der Waals surface area contributed by atoms with Gasteiger partial charge in [0.15, 0.2) is 0 Å². The molecule has 0 amide bonds. The first kappa shape index (κ1) is 13.8. The zero-order chi connectivity index (χ0) is 13.1. The van der Waals surface area contributed by atoms with Crippen molar-refractivity contribution >= 4 is 5.97 Å². The third kappa shape index (κ3) is 2.86. The second-order valence-electron chi connectivity index (χ2n) is 6.06. The Labute approximate surface area is 110 Å². The topological polar surface area (TPSA) is 52.6 Å². The van der Waals surface area contributed by atoms with E-state index in [1.54, 1.807) is 0 Å². The average molecular weight is 254 g/mol. The highest BCUT2D eigenvalue weighted by molar-refractivity contribution is 5.74. The van der Waals surface area contributed by atoms with Crippen molar-refractivity contribution in [1.29, 1.82) is 0 Å². The second-order valence-corrected chi connectivity index (χ2v) is 6.06. The summed E-state index contributed by atoms with van der Waals surface area (Å²) in [6.07, 6.45) is 5.00. The summed E-state index contributed by atoms with van der Waals surface area (Å²) in [6.45, 7) is 6.95. The molecule has 1 saturated carbocycles. The summed E-state index contributed by atoms with van der Waals surface area (Å²) in [4.78, 5) is 13.7. The van der Waals surface area contributed by atoms with Gasteiger partial charge in [0.1, 0.15) is 6.04 Å². The van der Waals surface area contributed by atoms with Gasteiger partial charge < -0.3 is 10.4 Å². The van der Waals surface area contributed by atoms with Gasteiger partial charge in [0.05, 0.1) is 0 Å². The van der Waals surface area contributed by atoms with Gasteiger partial charge in [-0.15, -0.1) is 0 Å². The number of piperazine rings is 1. The van der Waals surface area contributed by atoms with Crippen molar-refractivity contribution in [2.75, 3.05) is 19.6 Å². The Hall–Kier alpha value is -0.610. The van der Waals surface area contributed by atoms with Gasteiger partial charge in [0.25, 0.3) is 0 Å². The number of aliphatic carboxylic acids is 1. The van der Waals surface area contributed by atoms with E-state index in [9.17, 15) is 9.90 Å². The molecule has 1 aliphatic heterocycles. The van der Waals surface area contributed by atoms with Gasteiger partial charge >= 0.3 is 5.97 Å². The molecule has 1 saturated heterocycles. The fraction of sp³-hybridized carbons (Fsp3) is 0.929. The predicted octanol–water partition coefficient (Wildman–Crippen LogP) is 1.56. The number of rotatable bonds is 3. The molecule has 3 unspecified atom stereocenters. The number of carboxylic acid groups (broad SMARTS) is 1. The van der Waals surface area contributed by atoms with Gasteiger partial charge in [-0.05, 0) is 24.7 Å². The van der Waals surface area contributed by atoms with Crippen LogP contribution in [-0.2, 0) is 4.79 Å². The molecule has 1 heterocycles. The number of carbonyl (C=O) groups is 1. The molecule has 1 aliphatic carbocycles. The minimum absolute atomic E-state index is 0.330. The number of carboxylic acids is 1. The zero-order valence-corrected chi connectivity index (χ0v) is 11.6. The summed E-state index contributed by atoms with van der Waals surface area (Å²) >= 11 is 0. The highest BCUT2D eigenvalue weighted by Gasteiger charge is 2.38. The highest BCUT2D eigenvalue weighted by atomic mass is 16.4. The SMILES string of the molecule is CC(C)C1CCCCC1N1CCNCC1C(=O)O. The molecule has 4 nitrogen and oxygen atoms in total. The largest absolute Gasteiger partial charge is 0.480 e. The molecule has 0 bridgehead atoms. The molecule has 3 atom stereocenters. The van der Waals surface area contributed by atoms with E-state index in [1.807, 2.05) is 0 Å². The number of nitrogens with one attached hydrogen (secondary N) is 1. The predicted molar refractivity (Wildman–Crippen MR) is 71.6 cm³/mol. The molecule has 0 aromatic carbocycles. The van der Waals surface area contributed by atoms with E-state index >= 15 is 0 Å². The molecule has 4 heteroatoms. The maximum absolute atomic E-state index is 11.4. The van der Waals surface area contributed by atoms with Crippen molar-refractivity contribution in [3.63, 3.8) is 0 Å². The van der Waals surface area contributed by atoms with Gasteiger partial charge in [-0.25, -0.2) is 0 Å². The van der Waals surface area contributed by atoms with Crippen LogP contribution < -0.4 is 5.32 Å². The summed E-state index contributed by atoms with van der Waals surface area (Å²) < 4.78 is 0. The van der Waals surface area contributed by atoms with Crippen LogP contribution in [0.2, 0.25) is 0 Å². The summed E-state index contributed by atoms with van der Waals surface area (Å²) in [6, 6.07) is 0.144. The Morgan fingerprint density at radius 2 is 2.06 bits per heavy atom. The molecule has 2 rings (SSSR count). The Balaban J connectivity index is 2.12. The van der Waals surface area contributed by atoms with Crippen LogP contribution in [-0.4, -0.2) is 47.7 Å². The summed E-state index contributed by atoms with van der Waals surface area (Å²) in [5.41, 5.74) is 0.